The summed E-state index contributed by atoms with van der Waals surface area (Å²) in [6.07, 6.45) is 4.99. The van der Waals surface area contributed by atoms with Crippen molar-refractivity contribution in [3.8, 4) is 0 Å². The van der Waals surface area contributed by atoms with Gasteiger partial charge in [0.15, 0.2) is 5.16 Å². The maximum atomic E-state index is 11.2. The summed E-state index contributed by atoms with van der Waals surface area (Å²) >= 11 is 1.60. The third kappa shape index (κ3) is 2.90. The second kappa shape index (κ2) is 4.82. The molecule has 0 saturated heterocycles. The van der Waals surface area contributed by atoms with Crippen LogP contribution < -0.4 is 11.3 Å². The van der Waals surface area contributed by atoms with E-state index in [1.54, 1.807) is 18.0 Å². The van der Waals surface area contributed by atoms with E-state index in [2.05, 4.69) is 23.8 Å². The van der Waals surface area contributed by atoms with Gasteiger partial charge in [-0.2, -0.15) is 0 Å². The predicted molar refractivity (Wildman–Crippen MR) is 70.1 cm³/mol. The Morgan fingerprint density at radius 3 is 3.06 bits per heavy atom. The van der Waals surface area contributed by atoms with E-state index in [0.717, 1.165) is 6.42 Å². The highest BCUT2D eigenvalue weighted by atomic mass is 32.2. The van der Waals surface area contributed by atoms with Crippen molar-refractivity contribution >= 4 is 11.8 Å². The molecular formula is C12H19N3OS. The molecule has 2 rings (SSSR count). The van der Waals surface area contributed by atoms with E-state index in [4.69, 9.17) is 5.73 Å². The van der Waals surface area contributed by atoms with Crippen molar-refractivity contribution in [2.45, 2.75) is 49.6 Å². The van der Waals surface area contributed by atoms with Gasteiger partial charge in [0, 0.05) is 23.6 Å². The first-order valence-electron chi connectivity index (χ1n) is 5.96. The molecule has 17 heavy (non-hydrogen) atoms. The molecule has 0 aromatic carbocycles. The van der Waals surface area contributed by atoms with Crippen LogP contribution in [-0.4, -0.2) is 21.3 Å². The van der Waals surface area contributed by atoms with E-state index < -0.39 is 0 Å². The third-order valence-electron chi connectivity index (χ3n) is 3.52. The number of hydrogen-bond donors (Lipinski definition) is 2. The van der Waals surface area contributed by atoms with Crippen LogP contribution in [0.4, 0.5) is 0 Å². The minimum Gasteiger partial charge on any atom is -0.326 e. The first-order chi connectivity index (χ1) is 7.99. The Morgan fingerprint density at radius 1 is 1.59 bits per heavy atom. The number of aromatic amines is 1. The normalized spacial score (nSPS) is 27.9. The molecule has 4 nitrogen and oxygen atoms in total. The Hall–Kier alpha value is -0.810. The number of hydrogen-bond acceptors (Lipinski definition) is 4. The van der Waals surface area contributed by atoms with Crippen LogP contribution in [0.25, 0.3) is 0 Å². The molecule has 0 spiro atoms. The molecule has 1 aliphatic carbocycles. The summed E-state index contributed by atoms with van der Waals surface area (Å²) in [5.74, 6) is 0. The second-order valence-electron chi connectivity index (χ2n) is 5.30. The highest BCUT2D eigenvalue weighted by Gasteiger charge is 2.37. The summed E-state index contributed by atoms with van der Waals surface area (Å²) in [4.78, 5) is 18.1. The van der Waals surface area contributed by atoms with Gasteiger partial charge in [-0.15, -0.1) is 0 Å². The van der Waals surface area contributed by atoms with Gasteiger partial charge in [0.2, 0.25) is 0 Å². The van der Waals surface area contributed by atoms with Crippen molar-refractivity contribution in [1.82, 2.24) is 9.97 Å². The summed E-state index contributed by atoms with van der Waals surface area (Å²) in [7, 11) is 0. The third-order valence-corrected chi connectivity index (χ3v) is 4.79. The van der Waals surface area contributed by atoms with E-state index in [1.165, 1.54) is 18.9 Å². The van der Waals surface area contributed by atoms with E-state index in [1.807, 2.05) is 0 Å². The average molecular weight is 253 g/mol. The Bertz CT molecular complexity index is 443. The van der Waals surface area contributed by atoms with Crippen LogP contribution in [0.5, 0.6) is 0 Å². The minimum atomic E-state index is -0.105. The zero-order valence-electron chi connectivity index (χ0n) is 10.3. The molecule has 0 bridgehead atoms. The van der Waals surface area contributed by atoms with Gasteiger partial charge < -0.3 is 10.7 Å². The molecular weight excluding hydrogens is 234 g/mol. The van der Waals surface area contributed by atoms with Crippen molar-refractivity contribution in [3.63, 3.8) is 0 Å². The largest absolute Gasteiger partial charge is 0.326 e. The Labute approximate surface area is 105 Å². The maximum absolute atomic E-state index is 11.2. The van der Waals surface area contributed by atoms with Crippen LogP contribution in [0.2, 0.25) is 0 Å². The minimum absolute atomic E-state index is 0.105. The predicted octanol–water partition coefficient (Wildman–Crippen LogP) is 1.77. The average Bonchev–Trinajstić information content (AvgIpc) is 2.25. The summed E-state index contributed by atoms with van der Waals surface area (Å²) in [6.45, 7) is 4.43. The topological polar surface area (TPSA) is 71.8 Å². The Kier molecular flexibility index (Phi) is 3.58. The molecule has 94 valence electrons. The van der Waals surface area contributed by atoms with Gasteiger partial charge >= 0.3 is 0 Å². The smallest absolute Gasteiger partial charge is 0.251 e. The fourth-order valence-electron chi connectivity index (χ4n) is 2.30. The summed E-state index contributed by atoms with van der Waals surface area (Å²) < 4.78 is 0. The number of nitrogens with zero attached hydrogens (tertiary/aromatic N) is 1. The molecule has 1 saturated carbocycles. The lowest BCUT2D eigenvalue weighted by Crippen LogP contribution is -2.48. The molecule has 1 aliphatic rings. The molecule has 3 N–H and O–H groups in total. The molecule has 2 atom stereocenters. The molecule has 1 heterocycles. The maximum Gasteiger partial charge on any atom is 0.251 e. The van der Waals surface area contributed by atoms with Gasteiger partial charge in [-0.25, -0.2) is 4.98 Å². The van der Waals surface area contributed by atoms with E-state index in [9.17, 15) is 4.79 Å². The Balaban J connectivity index is 2.11. The standard InChI is InChI=1S/C12H19N3OS/c1-12(2)6-3-4-8(10(12)13)17-11-14-7-5-9(16)15-11/h5,7-8,10H,3-4,6,13H2,1-2H3,(H,14,15,16). The molecule has 1 aromatic heterocycles. The number of aromatic nitrogens is 2. The fraction of sp³-hybridized carbons (Fsp3) is 0.667. The van der Waals surface area contributed by atoms with Crippen molar-refractivity contribution in [3.05, 3.63) is 22.6 Å². The molecule has 1 fully saturated rings. The zero-order valence-corrected chi connectivity index (χ0v) is 11.1. The molecule has 1 aromatic rings. The van der Waals surface area contributed by atoms with Crippen molar-refractivity contribution in [2.24, 2.45) is 11.1 Å². The van der Waals surface area contributed by atoms with Gasteiger partial charge in [-0.1, -0.05) is 32.0 Å². The van der Waals surface area contributed by atoms with Gasteiger partial charge in [0.05, 0.1) is 0 Å². The monoisotopic (exact) mass is 253 g/mol. The highest BCUT2D eigenvalue weighted by Crippen LogP contribution is 2.40. The summed E-state index contributed by atoms with van der Waals surface area (Å²) in [5.41, 5.74) is 6.37. The number of rotatable bonds is 2. The van der Waals surface area contributed by atoms with Crippen LogP contribution in [0.1, 0.15) is 33.1 Å². The van der Waals surface area contributed by atoms with E-state index >= 15 is 0 Å². The van der Waals surface area contributed by atoms with Gasteiger partial charge in [0.25, 0.3) is 5.56 Å². The number of H-pyrrole nitrogens is 1. The lowest BCUT2D eigenvalue weighted by atomic mass is 9.73. The molecule has 0 radical (unpaired) electrons. The zero-order chi connectivity index (χ0) is 12.5. The fourth-order valence-corrected chi connectivity index (χ4v) is 3.66. The lowest BCUT2D eigenvalue weighted by molar-refractivity contribution is 0.208. The molecule has 2 unspecified atom stereocenters. The summed E-state index contributed by atoms with van der Waals surface area (Å²) in [5, 5.41) is 1.01. The lowest BCUT2D eigenvalue weighted by Gasteiger charge is -2.41. The molecule has 0 amide bonds. The second-order valence-corrected chi connectivity index (χ2v) is 6.53. The highest BCUT2D eigenvalue weighted by molar-refractivity contribution is 7.99. The molecule has 0 aliphatic heterocycles. The summed E-state index contributed by atoms with van der Waals surface area (Å²) in [6, 6.07) is 1.57. The van der Waals surface area contributed by atoms with Gasteiger partial charge in [-0.05, 0) is 18.3 Å². The first-order valence-corrected chi connectivity index (χ1v) is 6.84. The van der Waals surface area contributed by atoms with Crippen LogP contribution in [0, 0.1) is 5.41 Å². The van der Waals surface area contributed by atoms with Gasteiger partial charge in [0.1, 0.15) is 0 Å². The Morgan fingerprint density at radius 2 is 2.35 bits per heavy atom. The number of nitrogens with one attached hydrogen (secondary N) is 1. The van der Waals surface area contributed by atoms with E-state index in [-0.39, 0.29) is 17.0 Å². The van der Waals surface area contributed by atoms with E-state index in [0.29, 0.717) is 10.4 Å². The van der Waals surface area contributed by atoms with Crippen LogP contribution in [0.15, 0.2) is 22.2 Å². The van der Waals surface area contributed by atoms with Crippen LogP contribution >= 0.6 is 11.8 Å². The van der Waals surface area contributed by atoms with Crippen molar-refractivity contribution in [1.29, 1.82) is 0 Å². The number of thioether (sulfide) groups is 1. The van der Waals surface area contributed by atoms with Crippen LogP contribution in [0.3, 0.4) is 0 Å². The van der Waals surface area contributed by atoms with Crippen LogP contribution in [-0.2, 0) is 0 Å². The SMILES string of the molecule is CC1(C)CCCC(Sc2nccc(=O)[nH]2)C1N. The first kappa shape index (κ1) is 12.6. The van der Waals surface area contributed by atoms with Gasteiger partial charge in [-0.3, -0.25) is 4.79 Å². The van der Waals surface area contributed by atoms with Crippen molar-refractivity contribution in [2.75, 3.05) is 0 Å². The van der Waals surface area contributed by atoms with Crippen molar-refractivity contribution < 1.29 is 0 Å². The molecule has 5 heteroatoms. The number of nitrogens with two attached hydrogens (primary N) is 1. The quantitative estimate of drug-likeness (QED) is 0.788.